The van der Waals surface area contributed by atoms with Crippen molar-refractivity contribution in [2.45, 2.75) is 19.9 Å². The molecule has 1 aliphatic rings. The highest BCUT2D eigenvalue weighted by Gasteiger charge is 2.23. The number of nitrogens with zero attached hydrogens (tertiary/aromatic N) is 2. The molecule has 0 spiro atoms. The SMILES string of the molecule is CC(C)N1CCN(C(=O)c2cc(N)c[nH]2)CC1. The zero-order chi connectivity index (χ0) is 12.4. The van der Waals surface area contributed by atoms with Gasteiger partial charge in [0.05, 0.1) is 0 Å². The van der Waals surface area contributed by atoms with Gasteiger partial charge in [0.2, 0.25) is 0 Å². The van der Waals surface area contributed by atoms with Crippen LogP contribution in [0.3, 0.4) is 0 Å². The van der Waals surface area contributed by atoms with Crippen LogP contribution >= 0.6 is 0 Å². The fraction of sp³-hybridized carbons (Fsp3) is 0.583. The van der Waals surface area contributed by atoms with Crippen LogP contribution in [0.25, 0.3) is 0 Å². The van der Waals surface area contributed by atoms with E-state index in [0.717, 1.165) is 26.2 Å². The van der Waals surface area contributed by atoms with E-state index in [4.69, 9.17) is 5.73 Å². The average Bonchev–Trinajstić information content (AvgIpc) is 2.75. The molecule has 2 heterocycles. The molecular weight excluding hydrogens is 216 g/mol. The summed E-state index contributed by atoms with van der Waals surface area (Å²) < 4.78 is 0. The van der Waals surface area contributed by atoms with E-state index in [0.29, 0.717) is 17.4 Å². The molecule has 0 aliphatic carbocycles. The maximum atomic E-state index is 12.1. The number of amides is 1. The smallest absolute Gasteiger partial charge is 0.270 e. The molecule has 1 aromatic rings. The summed E-state index contributed by atoms with van der Waals surface area (Å²) in [6, 6.07) is 2.24. The first-order chi connectivity index (χ1) is 8.08. The Morgan fingerprint density at radius 2 is 2.00 bits per heavy atom. The van der Waals surface area contributed by atoms with E-state index in [-0.39, 0.29) is 5.91 Å². The van der Waals surface area contributed by atoms with Crippen LogP contribution in [-0.2, 0) is 0 Å². The van der Waals surface area contributed by atoms with Crippen LogP contribution in [-0.4, -0.2) is 52.9 Å². The van der Waals surface area contributed by atoms with Crippen LogP contribution in [0, 0.1) is 0 Å². The molecule has 0 saturated carbocycles. The Kier molecular flexibility index (Phi) is 3.38. The molecule has 2 rings (SSSR count). The van der Waals surface area contributed by atoms with E-state index in [9.17, 15) is 4.79 Å². The molecule has 1 aromatic heterocycles. The first-order valence-corrected chi connectivity index (χ1v) is 6.05. The van der Waals surface area contributed by atoms with Gasteiger partial charge in [-0.3, -0.25) is 9.69 Å². The summed E-state index contributed by atoms with van der Waals surface area (Å²) >= 11 is 0. The van der Waals surface area contributed by atoms with Crippen molar-refractivity contribution in [3.63, 3.8) is 0 Å². The number of nitrogens with one attached hydrogen (secondary N) is 1. The van der Waals surface area contributed by atoms with Gasteiger partial charge >= 0.3 is 0 Å². The number of aromatic nitrogens is 1. The molecule has 5 heteroatoms. The number of piperazine rings is 1. The summed E-state index contributed by atoms with van der Waals surface area (Å²) in [5.41, 5.74) is 6.79. The van der Waals surface area contributed by atoms with Crippen molar-refractivity contribution in [2.24, 2.45) is 0 Å². The van der Waals surface area contributed by atoms with E-state index < -0.39 is 0 Å². The summed E-state index contributed by atoms with van der Waals surface area (Å²) in [6.45, 7) is 7.83. The number of aromatic amines is 1. The van der Waals surface area contributed by atoms with Crippen LogP contribution in [0.4, 0.5) is 5.69 Å². The second-order valence-corrected chi connectivity index (χ2v) is 4.77. The van der Waals surface area contributed by atoms with E-state index in [2.05, 4.69) is 23.7 Å². The number of rotatable bonds is 2. The zero-order valence-corrected chi connectivity index (χ0v) is 10.4. The summed E-state index contributed by atoms with van der Waals surface area (Å²) in [4.78, 5) is 19.3. The van der Waals surface area contributed by atoms with Gasteiger partial charge in [0.25, 0.3) is 5.91 Å². The summed E-state index contributed by atoms with van der Waals surface area (Å²) in [5, 5.41) is 0. The van der Waals surface area contributed by atoms with Crippen molar-refractivity contribution >= 4 is 11.6 Å². The molecule has 0 bridgehead atoms. The first kappa shape index (κ1) is 12.0. The van der Waals surface area contributed by atoms with Gasteiger partial charge in [0.1, 0.15) is 5.69 Å². The lowest BCUT2D eigenvalue weighted by molar-refractivity contribution is 0.0590. The van der Waals surface area contributed by atoms with Gasteiger partial charge in [0.15, 0.2) is 0 Å². The third-order valence-electron chi connectivity index (χ3n) is 3.27. The molecule has 5 nitrogen and oxygen atoms in total. The van der Waals surface area contributed by atoms with Crippen molar-refractivity contribution in [1.29, 1.82) is 0 Å². The van der Waals surface area contributed by atoms with Crippen molar-refractivity contribution in [3.8, 4) is 0 Å². The van der Waals surface area contributed by atoms with Gasteiger partial charge in [-0.05, 0) is 19.9 Å². The Labute approximate surface area is 102 Å². The molecule has 1 aliphatic heterocycles. The Morgan fingerprint density at radius 3 is 2.47 bits per heavy atom. The van der Waals surface area contributed by atoms with E-state index in [1.54, 1.807) is 12.3 Å². The highest BCUT2D eigenvalue weighted by molar-refractivity contribution is 5.93. The molecule has 94 valence electrons. The molecule has 1 fully saturated rings. The Hall–Kier alpha value is -1.49. The average molecular weight is 236 g/mol. The maximum Gasteiger partial charge on any atom is 0.270 e. The molecule has 0 unspecified atom stereocenters. The number of nitrogen functional groups attached to an aromatic ring is 1. The van der Waals surface area contributed by atoms with E-state index in [1.165, 1.54) is 0 Å². The minimum atomic E-state index is 0.0464. The van der Waals surface area contributed by atoms with Crippen LogP contribution < -0.4 is 5.73 Å². The summed E-state index contributed by atoms with van der Waals surface area (Å²) in [7, 11) is 0. The van der Waals surface area contributed by atoms with Gasteiger partial charge in [-0.1, -0.05) is 0 Å². The molecule has 17 heavy (non-hydrogen) atoms. The van der Waals surface area contributed by atoms with Gasteiger partial charge in [0, 0.05) is 44.1 Å². The Balaban J connectivity index is 1.95. The molecule has 0 aromatic carbocycles. The number of carbonyl (C=O) groups is 1. The lowest BCUT2D eigenvalue weighted by Crippen LogP contribution is -2.50. The van der Waals surface area contributed by atoms with E-state index in [1.807, 2.05) is 4.90 Å². The quantitative estimate of drug-likeness (QED) is 0.797. The largest absolute Gasteiger partial charge is 0.397 e. The molecule has 3 N–H and O–H groups in total. The number of H-pyrrole nitrogens is 1. The third kappa shape index (κ3) is 2.61. The van der Waals surface area contributed by atoms with Crippen molar-refractivity contribution in [3.05, 3.63) is 18.0 Å². The number of anilines is 1. The van der Waals surface area contributed by atoms with Crippen LogP contribution in [0.2, 0.25) is 0 Å². The zero-order valence-electron chi connectivity index (χ0n) is 10.4. The number of hydrogen-bond acceptors (Lipinski definition) is 3. The second kappa shape index (κ2) is 4.79. The number of carbonyl (C=O) groups excluding carboxylic acids is 1. The lowest BCUT2D eigenvalue weighted by atomic mass is 10.2. The van der Waals surface area contributed by atoms with Gasteiger partial charge in [-0.25, -0.2) is 0 Å². The molecule has 0 radical (unpaired) electrons. The summed E-state index contributed by atoms with van der Waals surface area (Å²) in [6.07, 6.45) is 1.65. The predicted octanol–water partition coefficient (Wildman–Crippen LogP) is 0.763. The van der Waals surface area contributed by atoms with Crippen LogP contribution in [0.1, 0.15) is 24.3 Å². The summed E-state index contributed by atoms with van der Waals surface area (Å²) in [5.74, 6) is 0.0464. The molecular formula is C12H20N4O. The van der Waals surface area contributed by atoms with Gasteiger partial charge < -0.3 is 15.6 Å². The van der Waals surface area contributed by atoms with Crippen molar-refractivity contribution in [2.75, 3.05) is 31.9 Å². The highest BCUT2D eigenvalue weighted by Crippen LogP contribution is 2.11. The van der Waals surface area contributed by atoms with Gasteiger partial charge in [-0.15, -0.1) is 0 Å². The molecule has 0 atom stereocenters. The fourth-order valence-electron chi connectivity index (χ4n) is 2.15. The minimum Gasteiger partial charge on any atom is -0.397 e. The van der Waals surface area contributed by atoms with Crippen LogP contribution in [0.15, 0.2) is 12.3 Å². The van der Waals surface area contributed by atoms with Crippen LogP contribution in [0.5, 0.6) is 0 Å². The maximum absolute atomic E-state index is 12.1. The molecule has 1 amide bonds. The predicted molar refractivity (Wildman–Crippen MR) is 67.8 cm³/mol. The lowest BCUT2D eigenvalue weighted by Gasteiger charge is -2.36. The third-order valence-corrected chi connectivity index (χ3v) is 3.27. The normalized spacial score (nSPS) is 17.7. The fourth-order valence-corrected chi connectivity index (χ4v) is 2.15. The number of hydrogen-bond donors (Lipinski definition) is 2. The Morgan fingerprint density at radius 1 is 1.35 bits per heavy atom. The highest BCUT2D eigenvalue weighted by atomic mass is 16.2. The topological polar surface area (TPSA) is 65.4 Å². The van der Waals surface area contributed by atoms with Gasteiger partial charge in [-0.2, -0.15) is 0 Å². The standard InChI is InChI=1S/C12H20N4O/c1-9(2)15-3-5-16(6-4-15)12(17)11-7-10(13)8-14-11/h7-9,14H,3-6,13H2,1-2H3. The monoisotopic (exact) mass is 236 g/mol. The minimum absolute atomic E-state index is 0.0464. The number of nitrogens with two attached hydrogens (primary N) is 1. The van der Waals surface area contributed by atoms with Crippen molar-refractivity contribution < 1.29 is 4.79 Å². The van der Waals surface area contributed by atoms with Crippen molar-refractivity contribution in [1.82, 2.24) is 14.8 Å². The molecule has 1 saturated heterocycles. The van der Waals surface area contributed by atoms with E-state index >= 15 is 0 Å². The first-order valence-electron chi connectivity index (χ1n) is 6.05. The second-order valence-electron chi connectivity index (χ2n) is 4.77. The Bertz CT molecular complexity index is 391.